The van der Waals surface area contributed by atoms with E-state index in [1.807, 2.05) is 30.1 Å². The molecule has 2 atom stereocenters. The molecule has 0 saturated carbocycles. The number of aromatic nitrogens is 1. The predicted octanol–water partition coefficient (Wildman–Crippen LogP) is 1.25. The summed E-state index contributed by atoms with van der Waals surface area (Å²) in [6.45, 7) is 1.36. The van der Waals surface area contributed by atoms with Gasteiger partial charge in [-0.3, -0.25) is 9.88 Å². The van der Waals surface area contributed by atoms with E-state index >= 15 is 0 Å². The molecule has 1 aliphatic rings. The third-order valence-electron chi connectivity index (χ3n) is 2.69. The van der Waals surface area contributed by atoms with Crippen LogP contribution in [-0.4, -0.2) is 42.4 Å². The fraction of sp³-hybridized carbons (Fsp3) is 0.545. The molecular formula is C11H15FN2O. The molecule has 1 fully saturated rings. The maximum absolute atomic E-state index is 13.4. The first-order chi connectivity index (χ1) is 7.27. The molecule has 1 aromatic rings. The monoisotopic (exact) mass is 210 g/mol. The van der Waals surface area contributed by atoms with E-state index in [1.165, 1.54) is 0 Å². The molecule has 0 N–H and O–H groups in total. The van der Waals surface area contributed by atoms with Crippen LogP contribution in [0.2, 0.25) is 0 Å². The Morgan fingerprint density at radius 1 is 1.53 bits per heavy atom. The average molecular weight is 210 g/mol. The Labute approximate surface area is 88.9 Å². The van der Waals surface area contributed by atoms with Gasteiger partial charge < -0.3 is 4.74 Å². The molecule has 1 saturated heterocycles. The van der Waals surface area contributed by atoms with Crippen molar-refractivity contribution in [3.8, 4) is 0 Å². The van der Waals surface area contributed by atoms with Crippen LogP contribution in [0.5, 0.6) is 0 Å². The number of nitrogens with zero attached hydrogens (tertiary/aromatic N) is 2. The van der Waals surface area contributed by atoms with Crippen LogP contribution in [0.25, 0.3) is 0 Å². The second-order valence-corrected chi connectivity index (χ2v) is 3.86. The lowest BCUT2D eigenvalue weighted by molar-refractivity contribution is 0.153. The second kappa shape index (κ2) is 4.68. The van der Waals surface area contributed by atoms with Gasteiger partial charge in [0.2, 0.25) is 0 Å². The van der Waals surface area contributed by atoms with Gasteiger partial charge in [0.05, 0.1) is 24.9 Å². The molecule has 3 nitrogen and oxygen atoms in total. The van der Waals surface area contributed by atoms with Crippen molar-refractivity contribution in [3.63, 3.8) is 0 Å². The van der Waals surface area contributed by atoms with Crippen LogP contribution in [0.4, 0.5) is 4.39 Å². The molecule has 0 radical (unpaired) electrons. The number of rotatable bonds is 3. The number of halogens is 1. The summed E-state index contributed by atoms with van der Waals surface area (Å²) in [6.07, 6.45) is 0.875. The summed E-state index contributed by atoms with van der Waals surface area (Å²) in [5, 5.41) is 0. The lowest BCUT2D eigenvalue weighted by Crippen LogP contribution is -2.38. The van der Waals surface area contributed by atoms with Crippen LogP contribution in [0.1, 0.15) is 5.69 Å². The smallest absolute Gasteiger partial charge is 0.141 e. The molecule has 82 valence electrons. The standard InChI is InChI=1S/C11H15FN2O/c1-14(11-8-15-7-10(11)12)6-9-4-2-3-5-13-9/h2-5,10-11H,6-8H2,1H3/t10-,11-/m1/s1. The molecule has 0 aliphatic carbocycles. The zero-order valence-electron chi connectivity index (χ0n) is 8.77. The first kappa shape index (κ1) is 10.5. The van der Waals surface area contributed by atoms with Crippen molar-refractivity contribution >= 4 is 0 Å². The molecule has 4 heteroatoms. The Morgan fingerprint density at radius 3 is 3.00 bits per heavy atom. The second-order valence-electron chi connectivity index (χ2n) is 3.86. The SMILES string of the molecule is CN(Cc1ccccn1)[C@@H]1COC[C@H]1F. The molecule has 0 amide bonds. The predicted molar refractivity (Wildman–Crippen MR) is 55.2 cm³/mol. The Morgan fingerprint density at radius 2 is 2.40 bits per heavy atom. The highest BCUT2D eigenvalue weighted by Gasteiger charge is 2.31. The largest absolute Gasteiger partial charge is 0.377 e. The van der Waals surface area contributed by atoms with Crippen molar-refractivity contribution in [2.45, 2.75) is 18.8 Å². The van der Waals surface area contributed by atoms with E-state index in [0.717, 1.165) is 5.69 Å². The van der Waals surface area contributed by atoms with Gasteiger partial charge in [-0.05, 0) is 19.2 Å². The van der Waals surface area contributed by atoms with Gasteiger partial charge in [-0.2, -0.15) is 0 Å². The van der Waals surface area contributed by atoms with Crippen LogP contribution in [0.15, 0.2) is 24.4 Å². The topological polar surface area (TPSA) is 25.4 Å². The quantitative estimate of drug-likeness (QED) is 0.750. The summed E-state index contributed by atoms with van der Waals surface area (Å²) in [5.41, 5.74) is 0.958. The van der Waals surface area contributed by atoms with Crippen LogP contribution in [0, 0.1) is 0 Å². The number of alkyl halides is 1. The van der Waals surface area contributed by atoms with Crippen molar-refractivity contribution in [1.29, 1.82) is 0 Å². The van der Waals surface area contributed by atoms with Crippen molar-refractivity contribution in [3.05, 3.63) is 30.1 Å². The van der Waals surface area contributed by atoms with Gasteiger partial charge >= 0.3 is 0 Å². The van der Waals surface area contributed by atoms with Gasteiger partial charge in [0, 0.05) is 12.7 Å². The van der Waals surface area contributed by atoms with E-state index in [-0.39, 0.29) is 12.6 Å². The molecule has 2 rings (SSSR count). The summed E-state index contributed by atoms with van der Waals surface area (Å²) < 4.78 is 18.4. The number of hydrogen-bond donors (Lipinski definition) is 0. The fourth-order valence-corrected chi connectivity index (χ4v) is 1.78. The average Bonchev–Trinajstić information content (AvgIpc) is 2.66. The molecule has 0 unspecified atom stereocenters. The zero-order chi connectivity index (χ0) is 10.7. The third kappa shape index (κ3) is 2.52. The molecule has 15 heavy (non-hydrogen) atoms. The Bertz CT molecular complexity index is 307. The molecule has 0 bridgehead atoms. The summed E-state index contributed by atoms with van der Waals surface area (Å²) in [6, 6.07) is 5.63. The zero-order valence-corrected chi connectivity index (χ0v) is 8.77. The molecular weight excluding hydrogens is 195 g/mol. The first-order valence-corrected chi connectivity index (χ1v) is 5.09. The molecule has 1 aromatic heterocycles. The maximum Gasteiger partial charge on any atom is 0.141 e. The number of likely N-dealkylation sites (N-methyl/N-ethyl adjacent to an activating group) is 1. The van der Waals surface area contributed by atoms with Crippen molar-refractivity contribution in [1.82, 2.24) is 9.88 Å². The van der Waals surface area contributed by atoms with E-state index in [9.17, 15) is 4.39 Å². The van der Waals surface area contributed by atoms with Gasteiger partial charge in [-0.1, -0.05) is 6.07 Å². The lowest BCUT2D eigenvalue weighted by atomic mass is 10.2. The number of hydrogen-bond acceptors (Lipinski definition) is 3. The Hall–Kier alpha value is -1.00. The fourth-order valence-electron chi connectivity index (χ4n) is 1.78. The first-order valence-electron chi connectivity index (χ1n) is 5.09. The summed E-state index contributed by atoms with van der Waals surface area (Å²) in [5.74, 6) is 0. The summed E-state index contributed by atoms with van der Waals surface area (Å²) in [4.78, 5) is 6.17. The molecule has 1 aliphatic heterocycles. The Kier molecular flexibility index (Phi) is 3.28. The van der Waals surface area contributed by atoms with Crippen molar-refractivity contribution < 1.29 is 9.13 Å². The van der Waals surface area contributed by atoms with Crippen LogP contribution in [-0.2, 0) is 11.3 Å². The van der Waals surface area contributed by atoms with Crippen LogP contribution >= 0.6 is 0 Å². The van der Waals surface area contributed by atoms with Crippen LogP contribution in [0.3, 0.4) is 0 Å². The van der Waals surface area contributed by atoms with Gasteiger partial charge in [-0.15, -0.1) is 0 Å². The minimum absolute atomic E-state index is 0.132. The van der Waals surface area contributed by atoms with E-state index in [1.54, 1.807) is 6.20 Å². The van der Waals surface area contributed by atoms with E-state index in [2.05, 4.69) is 4.98 Å². The highest BCUT2D eigenvalue weighted by Crippen LogP contribution is 2.16. The Balaban J connectivity index is 1.94. The maximum atomic E-state index is 13.4. The minimum atomic E-state index is -0.876. The minimum Gasteiger partial charge on any atom is -0.377 e. The van der Waals surface area contributed by atoms with Gasteiger partial charge in [0.15, 0.2) is 0 Å². The number of pyridine rings is 1. The lowest BCUT2D eigenvalue weighted by Gasteiger charge is -2.23. The van der Waals surface area contributed by atoms with Gasteiger partial charge in [0.1, 0.15) is 6.17 Å². The summed E-state index contributed by atoms with van der Waals surface area (Å²) >= 11 is 0. The molecule has 0 aromatic carbocycles. The molecule has 0 spiro atoms. The third-order valence-corrected chi connectivity index (χ3v) is 2.69. The van der Waals surface area contributed by atoms with E-state index in [0.29, 0.717) is 13.2 Å². The molecule has 2 heterocycles. The normalized spacial score (nSPS) is 26.1. The van der Waals surface area contributed by atoms with Crippen molar-refractivity contribution in [2.75, 3.05) is 20.3 Å². The number of ether oxygens (including phenoxy) is 1. The van der Waals surface area contributed by atoms with Crippen molar-refractivity contribution in [2.24, 2.45) is 0 Å². The van der Waals surface area contributed by atoms with Gasteiger partial charge in [-0.25, -0.2) is 4.39 Å². The summed E-state index contributed by atoms with van der Waals surface area (Å²) in [7, 11) is 1.90. The van der Waals surface area contributed by atoms with E-state index < -0.39 is 6.17 Å². The highest BCUT2D eigenvalue weighted by atomic mass is 19.1. The highest BCUT2D eigenvalue weighted by molar-refractivity contribution is 5.03. The van der Waals surface area contributed by atoms with Crippen LogP contribution < -0.4 is 0 Å². The van der Waals surface area contributed by atoms with Gasteiger partial charge in [0.25, 0.3) is 0 Å². The van der Waals surface area contributed by atoms with E-state index in [4.69, 9.17) is 4.74 Å².